The zero-order chi connectivity index (χ0) is 50.4. The largest absolute Gasteiger partial charge is 0.311 e. The molecule has 0 radical (unpaired) electrons. The van der Waals surface area contributed by atoms with Crippen molar-refractivity contribution in [2.45, 2.75) is 147 Å². The Kier molecular flexibility index (Phi) is 9.14. The van der Waals surface area contributed by atoms with Gasteiger partial charge in [0, 0.05) is 33.5 Å². The second-order valence-electron chi connectivity index (χ2n) is 26.4. The smallest absolute Gasteiger partial charge is 0.248 e. The van der Waals surface area contributed by atoms with Crippen LogP contribution >= 0.6 is 0 Å². The Morgan fingerprint density at radius 2 is 0.877 bits per heavy atom. The van der Waals surface area contributed by atoms with E-state index in [0.29, 0.717) is 17.5 Å². The molecule has 8 aromatic rings. The van der Waals surface area contributed by atoms with E-state index < -0.39 is 0 Å². The van der Waals surface area contributed by atoms with Crippen LogP contribution in [0.3, 0.4) is 0 Å². The molecule has 73 heavy (non-hydrogen) atoms. The summed E-state index contributed by atoms with van der Waals surface area (Å²) in [4.78, 5) is 19.3. The molecule has 1 aromatic heterocycles. The zero-order valence-corrected chi connectivity index (χ0v) is 44.8. The van der Waals surface area contributed by atoms with Gasteiger partial charge in [0.2, 0.25) is 6.71 Å². The van der Waals surface area contributed by atoms with E-state index in [1.165, 1.54) is 96.4 Å². The fraction of sp³-hybridized carbons (Fsp3) is 0.338. The summed E-state index contributed by atoms with van der Waals surface area (Å²) < 4.78 is 0. The molecule has 362 valence electrons. The molecule has 3 aliphatic carbocycles. The first-order valence-electron chi connectivity index (χ1n) is 27.3. The molecule has 0 saturated heterocycles. The van der Waals surface area contributed by atoms with Crippen LogP contribution in [0.15, 0.2) is 133 Å². The fourth-order valence-electron chi connectivity index (χ4n) is 15.1. The van der Waals surface area contributed by atoms with Crippen LogP contribution in [0, 0.1) is 0 Å². The molecule has 0 saturated carbocycles. The van der Waals surface area contributed by atoms with Crippen LogP contribution in [0.1, 0.15) is 154 Å². The van der Waals surface area contributed by atoms with Crippen LogP contribution in [0.2, 0.25) is 0 Å². The predicted octanol–water partition coefficient (Wildman–Crippen LogP) is 15.2. The van der Waals surface area contributed by atoms with E-state index in [1.807, 2.05) is 0 Å². The van der Waals surface area contributed by atoms with Crippen LogP contribution in [0.4, 0.5) is 17.1 Å². The number of nitrogens with zero attached hydrogens (tertiary/aromatic N) is 4. The normalized spacial score (nSPS) is 21.0. The zero-order valence-electron chi connectivity index (χ0n) is 44.8. The first-order chi connectivity index (χ1) is 34.8. The third kappa shape index (κ3) is 6.23. The summed E-state index contributed by atoms with van der Waals surface area (Å²) in [6, 6.07) is 50.2. The van der Waals surface area contributed by atoms with Gasteiger partial charge < -0.3 is 4.90 Å². The van der Waals surface area contributed by atoms with E-state index >= 15 is 0 Å². The molecule has 4 nitrogen and oxygen atoms in total. The molecular formula is C68H67BN4. The molecule has 14 rings (SSSR count). The highest BCUT2D eigenvalue weighted by molar-refractivity contribution is 7.01. The van der Waals surface area contributed by atoms with E-state index in [1.54, 1.807) is 5.56 Å². The first kappa shape index (κ1) is 45.1. The SMILES string of the molecule is CC1(C)CCC(C)(C)c2c1ccc1c2-c2cc(-c3nc(-c4ccccc4)nc(-c4cccc(-c5ccccc5)c4)n3)cc3c2B1c1ccc2c4c1N3c1c(ccc3c1C(C)(C)CCC3(C)C)C4(C)CCC2(C)C. The Morgan fingerprint density at radius 3 is 1.55 bits per heavy atom. The average molecular weight is 951 g/mol. The minimum Gasteiger partial charge on any atom is -0.311 e. The molecule has 0 N–H and O–H groups in total. The summed E-state index contributed by atoms with van der Waals surface area (Å²) >= 11 is 0. The van der Waals surface area contributed by atoms with Gasteiger partial charge in [-0.25, -0.2) is 15.0 Å². The van der Waals surface area contributed by atoms with Gasteiger partial charge in [-0.1, -0.05) is 197 Å². The monoisotopic (exact) mass is 951 g/mol. The summed E-state index contributed by atoms with van der Waals surface area (Å²) in [6.45, 7) is 27.7. The maximum absolute atomic E-state index is 5.59. The molecule has 5 heteroatoms. The van der Waals surface area contributed by atoms with Gasteiger partial charge in [-0.05, 0) is 156 Å². The summed E-state index contributed by atoms with van der Waals surface area (Å²) in [7, 11) is 0. The lowest BCUT2D eigenvalue weighted by molar-refractivity contribution is 0.327. The first-order valence-corrected chi connectivity index (χ1v) is 27.3. The maximum Gasteiger partial charge on any atom is 0.248 e. The highest BCUT2D eigenvalue weighted by Crippen LogP contribution is 2.64. The summed E-state index contributed by atoms with van der Waals surface area (Å²) in [5.41, 5.74) is 27.1. The number of fused-ring (bicyclic) bond motifs is 12. The van der Waals surface area contributed by atoms with Crippen LogP contribution in [-0.2, 0) is 32.5 Å². The Hall–Kier alpha value is -6.59. The van der Waals surface area contributed by atoms with Gasteiger partial charge in [-0.15, -0.1) is 0 Å². The average Bonchev–Trinajstić information content (AvgIpc) is 3.76. The van der Waals surface area contributed by atoms with Crippen LogP contribution < -0.4 is 21.3 Å². The summed E-state index contributed by atoms with van der Waals surface area (Å²) in [5, 5.41) is 0. The van der Waals surface area contributed by atoms with Crippen molar-refractivity contribution < 1.29 is 0 Å². The second-order valence-corrected chi connectivity index (χ2v) is 26.4. The third-order valence-corrected chi connectivity index (χ3v) is 19.5. The van der Waals surface area contributed by atoms with E-state index in [2.05, 4.69) is 215 Å². The van der Waals surface area contributed by atoms with E-state index in [4.69, 9.17) is 15.0 Å². The molecule has 1 atom stereocenters. The molecule has 3 aliphatic heterocycles. The lowest BCUT2D eigenvalue weighted by Gasteiger charge is -2.55. The lowest BCUT2D eigenvalue weighted by Crippen LogP contribution is -2.58. The van der Waals surface area contributed by atoms with Crippen molar-refractivity contribution >= 4 is 40.2 Å². The molecule has 0 amide bonds. The lowest BCUT2D eigenvalue weighted by atomic mass is 9.36. The van der Waals surface area contributed by atoms with Crippen molar-refractivity contribution in [3.8, 4) is 56.4 Å². The maximum atomic E-state index is 5.59. The summed E-state index contributed by atoms with van der Waals surface area (Å²) in [6.07, 6.45) is 6.88. The van der Waals surface area contributed by atoms with E-state index in [0.717, 1.165) is 47.9 Å². The highest BCUT2D eigenvalue weighted by atomic mass is 15.2. The molecule has 7 aromatic carbocycles. The highest BCUT2D eigenvalue weighted by Gasteiger charge is 2.56. The predicted molar refractivity (Wildman–Crippen MR) is 306 cm³/mol. The topological polar surface area (TPSA) is 41.9 Å². The van der Waals surface area contributed by atoms with Gasteiger partial charge in [0.25, 0.3) is 0 Å². The standard InChI is InChI=1S/C68H67BN4/c1-63(2)31-33-66(7,8)54-46(63)27-29-50-53(54)45-38-44(62-71-60(41-21-16-13-17-22-41)70-61(72-62)43-24-18-23-42(37-43)40-19-14-12-15-20-40)39-52-57(45)69(50)51-30-28-48-56-59(51)73(52)58-49(68(56,11)36-35-65(48,5)6)26-25-47-55(58)67(9,10)34-32-64(47,3)4/h12-30,37-39H,31-36H2,1-11H3. The fourth-order valence-corrected chi connectivity index (χ4v) is 15.1. The van der Waals surface area contributed by atoms with Crippen molar-refractivity contribution in [3.63, 3.8) is 0 Å². The minimum atomic E-state index is -0.155. The van der Waals surface area contributed by atoms with Gasteiger partial charge in [-0.3, -0.25) is 0 Å². The number of aromatic nitrogens is 3. The number of benzene rings is 7. The minimum absolute atomic E-state index is 0.0205. The molecule has 6 aliphatic rings. The van der Waals surface area contributed by atoms with E-state index in [-0.39, 0.29) is 39.2 Å². The quantitative estimate of drug-likeness (QED) is 0.165. The number of hydrogen-bond donors (Lipinski definition) is 0. The van der Waals surface area contributed by atoms with Crippen LogP contribution in [-0.4, -0.2) is 21.7 Å². The molecule has 4 heterocycles. The van der Waals surface area contributed by atoms with Gasteiger partial charge in [0.1, 0.15) is 0 Å². The van der Waals surface area contributed by atoms with Crippen molar-refractivity contribution in [1.29, 1.82) is 0 Å². The summed E-state index contributed by atoms with van der Waals surface area (Å²) in [5.74, 6) is 2.05. The molecule has 0 spiro atoms. The van der Waals surface area contributed by atoms with Crippen LogP contribution in [0.25, 0.3) is 56.4 Å². The second kappa shape index (κ2) is 14.8. The molecule has 0 fully saturated rings. The van der Waals surface area contributed by atoms with Gasteiger partial charge in [0.05, 0.1) is 5.69 Å². The van der Waals surface area contributed by atoms with E-state index in [9.17, 15) is 0 Å². The van der Waals surface area contributed by atoms with Gasteiger partial charge in [0.15, 0.2) is 17.5 Å². The Labute approximate surface area is 433 Å². The van der Waals surface area contributed by atoms with Crippen molar-refractivity contribution in [1.82, 2.24) is 15.0 Å². The number of anilines is 3. The molecule has 0 bridgehead atoms. The third-order valence-electron chi connectivity index (χ3n) is 19.5. The van der Waals surface area contributed by atoms with Crippen LogP contribution in [0.5, 0.6) is 0 Å². The van der Waals surface area contributed by atoms with Crippen molar-refractivity contribution in [2.24, 2.45) is 0 Å². The van der Waals surface area contributed by atoms with Crippen molar-refractivity contribution in [2.75, 3.05) is 4.90 Å². The number of rotatable bonds is 4. The Balaban J connectivity index is 1.12. The number of hydrogen-bond acceptors (Lipinski definition) is 4. The Morgan fingerprint density at radius 1 is 0.384 bits per heavy atom. The van der Waals surface area contributed by atoms with Crippen molar-refractivity contribution in [3.05, 3.63) is 172 Å². The van der Waals surface area contributed by atoms with Gasteiger partial charge in [-0.2, -0.15) is 0 Å². The Bertz CT molecular complexity index is 3690. The molecular weight excluding hydrogens is 884 g/mol. The van der Waals surface area contributed by atoms with Gasteiger partial charge >= 0.3 is 0 Å². The molecule has 1 unspecified atom stereocenters.